The molecule has 2 aromatic rings. The number of aromatic hydroxyl groups is 1. The van der Waals surface area contributed by atoms with Crippen LogP contribution in [0, 0.1) is 0 Å². The van der Waals surface area contributed by atoms with Gasteiger partial charge in [0.2, 0.25) is 0 Å². The van der Waals surface area contributed by atoms with Gasteiger partial charge in [0.25, 0.3) is 0 Å². The van der Waals surface area contributed by atoms with E-state index < -0.39 is 0 Å². The first-order valence-corrected chi connectivity index (χ1v) is 6.96. The van der Waals surface area contributed by atoms with Crippen molar-refractivity contribution in [1.82, 2.24) is 9.97 Å². The summed E-state index contributed by atoms with van der Waals surface area (Å²) in [5.41, 5.74) is 1.05. The zero-order chi connectivity index (χ0) is 13.7. The highest BCUT2D eigenvalue weighted by Crippen LogP contribution is 2.34. The molecule has 4 nitrogen and oxygen atoms in total. The predicted octanol–water partition coefficient (Wildman–Crippen LogP) is 3.73. The van der Waals surface area contributed by atoms with E-state index in [0.717, 1.165) is 27.7 Å². The number of hydrogen-bond acceptors (Lipinski definition) is 4. The third kappa shape index (κ3) is 3.32. The van der Waals surface area contributed by atoms with Gasteiger partial charge in [-0.2, -0.15) is 0 Å². The lowest BCUT2D eigenvalue weighted by molar-refractivity contribution is 0.464. The van der Waals surface area contributed by atoms with Crippen molar-refractivity contribution >= 4 is 23.7 Å². The first-order chi connectivity index (χ1) is 9.24. The number of anilines is 1. The molecule has 0 aliphatic carbocycles. The molecule has 0 amide bonds. The molecule has 0 aliphatic heterocycles. The molecule has 0 atom stereocenters. The van der Waals surface area contributed by atoms with Crippen LogP contribution in [0.3, 0.4) is 0 Å². The van der Waals surface area contributed by atoms with Gasteiger partial charge in [0.05, 0.1) is 4.90 Å². The number of nitrogens with zero attached hydrogens (tertiary/aromatic N) is 1. The van der Waals surface area contributed by atoms with Crippen molar-refractivity contribution in [2.45, 2.75) is 23.6 Å². The fourth-order valence-electron chi connectivity index (χ4n) is 1.69. The van der Waals surface area contributed by atoms with Crippen LogP contribution in [0.25, 0.3) is 6.08 Å². The minimum absolute atomic E-state index is 0.258. The molecular weight excluding hydrogens is 258 g/mol. The monoisotopic (exact) mass is 275 g/mol. The van der Waals surface area contributed by atoms with E-state index >= 15 is 0 Å². The fraction of sp³-hybridized carbons (Fsp3) is 0.214. The van der Waals surface area contributed by atoms with Gasteiger partial charge >= 0.3 is 0 Å². The molecule has 0 aromatic carbocycles. The van der Waals surface area contributed by atoms with Crippen molar-refractivity contribution < 1.29 is 5.11 Å². The summed E-state index contributed by atoms with van der Waals surface area (Å²) in [4.78, 5) is 9.08. The van der Waals surface area contributed by atoms with Crippen molar-refractivity contribution in [3.05, 3.63) is 36.3 Å². The van der Waals surface area contributed by atoms with Gasteiger partial charge in [-0.15, -0.1) is 0 Å². The largest absolute Gasteiger partial charge is 0.505 e. The number of aromatic nitrogens is 2. The second-order valence-corrected chi connectivity index (χ2v) is 5.06. The van der Waals surface area contributed by atoms with Gasteiger partial charge in [0.1, 0.15) is 11.6 Å². The van der Waals surface area contributed by atoms with Gasteiger partial charge < -0.3 is 15.4 Å². The van der Waals surface area contributed by atoms with E-state index in [1.54, 1.807) is 12.4 Å². The average molecular weight is 275 g/mol. The standard InChI is InChI=1S/C14H17N3OS/c1-3-5-10-6-11(7-17-14(10)16-4-2)19-13-9-15-8-12(13)18/h3,5-9,15,18H,4H2,1-2H3,(H,16,17)/b5-3+. The Balaban J connectivity index is 2.27. The van der Waals surface area contributed by atoms with E-state index in [-0.39, 0.29) is 5.75 Å². The van der Waals surface area contributed by atoms with Gasteiger partial charge in [-0.1, -0.05) is 23.9 Å². The fourth-order valence-corrected chi connectivity index (χ4v) is 2.52. The van der Waals surface area contributed by atoms with Crippen molar-refractivity contribution in [3.8, 4) is 5.75 Å². The Morgan fingerprint density at radius 2 is 2.32 bits per heavy atom. The van der Waals surface area contributed by atoms with Crippen LogP contribution in [0.5, 0.6) is 5.75 Å². The molecule has 100 valence electrons. The van der Waals surface area contributed by atoms with E-state index in [0.29, 0.717) is 0 Å². The quantitative estimate of drug-likeness (QED) is 0.778. The van der Waals surface area contributed by atoms with Crippen LogP contribution in [-0.2, 0) is 0 Å². The highest BCUT2D eigenvalue weighted by Gasteiger charge is 2.07. The Bertz CT molecular complexity index is 578. The van der Waals surface area contributed by atoms with Gasteiger partial charge in [0.15, 0.2) is 0 Å². The Hall–Kier alpha value is -1.88. The molecule has 2 aromatic heterocycles. The lowest BCUT2D eigenvalue weighted by atomic mass is 10.2. The normalized spacial score (nSPS) is 11.1. The Kier molecular flexibility index (Phi) is 4.52. The number of pyridine rings is 1. The molecule has 2 rings (SSSR count). The summed E-state index contributed by atoms with van der Waals surface area (Å²) in [5, 5.41) is 12.9. The van der Waals surface area contributed by atoms with Crippen molar-refractivity contribution in [3.63, 3.8) is 0 Å². The molecule has 0 aliphatic rings. The molecule has 0 saturated carbocycles. The Morgan fingerprint density at radius 1 is 1.47 bits per heavy atom. The van der Waals surface area contributed by atoms with Crippen LogP contribution in [-0.4, -0.2) is 21.6 Å². The number of aromatic amines is 1. The molecular formula is C14H17N3OS. The third-order valence-electron chi connectivity index (χ3n) is 2.50. The number of H-pyrrole nitrogens is 1. The first kappa shape index (κ1) is 13.5. The second kappa shape index (κ2) is 6.33. The SMILES string of the molecule is C/C=C/c1cc(Sc2c[nH]cc2O)cnc1NCC. The molecule has 0 unspecified atom stereocenters. The van der Waals surface area contributed by atoms with Gasteiger partial charge in [-0.25, -0.2) is 4.98 Å². The molecule has 0 fully saturated rings. The Labute approximate surface area is 117 Å². The van der Waals surface area contributed by atoms with Gasteiger partial charge in [-0.05, 0) is 19.9 Å². The molecule has 0 saturated heterocycles. The second-order valence-electron chi connectivity index (χ2n) is 3.95. The summed E-state index contributed by atoms with van der Waals surface area (Å²) in [6.45, 7) is 4.86. The highest BCUT2D eigenvalue weighted by molar-refractivity contribution is 7.99. The first-order valence-electron chi connectivity index (χ1n) is 6.14. The van der Waals surface area contributed by atoms with Crippen molar-refractivity contribution in [2.75, 3.05) is 11.9 Å². The molecule has 0 bridgehead atoms. The third-order valence-corrected chi connectivity index (χ3v) is 3.50. The van der Waals surface area contributed by atoms with E-state index in [4.69, 9.17) is 0 Å². The maximum absolute atomic E-state index is 9.62. The van der Waals surface area contributed by atoms with E-state index in [9.17, 15) is 5.11 Å². The lowest BCUT2D eigenvalue weighted by Crippen LogP contribution is -2.01. The topological polar surface area (TPSA) is 60.9 Å². The zero-order valence-electron chi connectivity index (χ0n) is 11.0. The average Bonchev–Trinajstić information content (AvgIpc) is 2.79. The van der Waals surface area contributed by atoms with Crippen molar-refractivity contribution in [2.24, 2.45) is 0 Å². The van der Waals surface area contributed by atoms with Crippen LogP contribution in [0.1, 0.15) is 19.4 Å². The van der Waals surface area contributed by atoms with Crippen LogP contribution in [0.2, 0.25) is 0 Å². The minimum atomic E-state index is 0.258. The number of allylic oxidation sites excluding steroid dienone is 1. The molecule has 19 heavy (non-hydrogen) atoms. The summed E-state index contributed by atoms with van der Waals surface area (Å²) in [6, 6.07) is 2.06. The van der Waals surface area contributed by atoms with E-state index in [2.05, 4.69) is 21.4 Å². The summed E-state index contributed by atoms with van der Waals surface area (Å²) >= 11 is 1.48. The molecule has 0 radical (unpaired) electrons. The van der Waals surface area contributed by atoms with Gasteiger partial charge in [0, 0.05) is 35.6 Å². The molecule has 3 N–H and O–H groups in total. The summed E-state index contributed by atoms with van der Waals surface area (Å²) in [7, 11) is 0. The summed E-state index contributed by atoms with van der Waals surface area (Å²) < 4.78 is 0. The number of rotatable bonds is 5. The number of hydrogen-bond donors (Lipinski definition) is 3. The molecule has 2 heterocycles. The molecule has 5 heteroatoms. The summed E-state index contributed by atoms with van der Waals surface area (Å²) in [5.74, 6) is 1.14. The highest BCUT2D eigenvalue weighted by atomic mass is 32.2. The summed E-state index contributed by atoms with van der Waals surface area (Å²) in [6.07, 6.45) is 9.15. The number of nitrogens with one attached hydrogen (secondary N) is 2. The Morgan fingerprint density at radius 3 is 2.95 bits per heavy atom. The smallest absolute Gasteiger partial charge is 0.146 e. The van der Waals surface area contributed by atoms with E-state index in [1.807, 2.05) is 32.2 Å². The van der Waals surface area contributed by atoms with Crippen LogP contribution in [0.4, 0.5) is 5.82 Å². The predicted molar refractivity (Wildman–Crippen MR) is 79.7 cm³/mol. The van der Waals surface area contributed by atoms with Crippen LogP contribution in [0.15, 0.2) is 40.5 Å². The van der Waals surface area contributed by atoms with Crippen LogP contribution < -0.4 is 5.32 Å². The minimum Gasteiger partial charge on any atom is -0.505 e. The van der Waals surface area contributed by atoms with E-state index in [1.165, 1.54) is 11.8 Å². The zero-order valence-corrected chi connectivity index (χ0v) is 11.8. The van der Waals surface area contributed by atoms with Crippen molar-refractivity contribution in [1.29, 1.82) is 0 Å². The van der Waals surface area contributed by atoms with Gasteiger partial charge in [-0.3, -0.25) is 0 Å². The maximum Gasteiger partial charge on any atom is 0.146 e. The molecule has 0 spiro atoms. The maximum atomic E-state index is 9.62. The lowest BCUT2D eigenvalue weighted by Gasteiger charge is -2.08. The van der Waals surface area contributed by atoms with Crippen LogP contribution >= 0.6 is 11.8 Å².